The van der Waals surface area contributed by atoms with Crippen LogP contribution in [0.4, 0.5) is 5.82 Å². The lowest BCUT2D eigenvalue weighted by molar-refractivity contribution is 0.750. The van der Waals surface area contributed by atoms with Crippen LogP contribution in [0.3, 0.4) is 0 Å². The number of aromatic nitrogens is 2. The van der Waals surface area contributed by atoms with Gasteiger partial charge in [-0.1, -0.05) is 13.8 Å². The highest BCUT2D eigenvalue weighted by Crippen LogP contribution is 2.23. The molecule has 4 heteroatoms. The van der Waals surface area contributed by atoms with Gasteiger partial charge < -0.3 is 10.6 Å². The molecule has 1 aromatic heterocycles. The van der Waals surface area contributed by atoms with Gasteiger partial charge in [-0.2, -0.15) is 0 Å². The maximum absolute atomic E-state index is 5.67. The van der Waals surface area contributed by atoms with Crippen LogP contribution >= 0.6 is 0 Å². The molecule has 0 radical (unpaired) electrons. The van der Waals surface area contributed by atoms with Gasteiger partial charge in [0.15, 0.2) is 0 Å². The highest BCUT2D eigenvalue weighted by molar-refractivity contribution is 5.46. The third kappa shape index (κ3) is 2.65. The second-order valence-electron chi connectivity index (χ2n) is 3.95. The molecule has 0 amide bonds. The van der Waals surface area contributed by atoms with Gasteiger partial charge in [-0.3, -0.25) is 0 Å². The van der Waals surface area contributed by atoms with E-state index in [9.17, 15) is 0 Å². The van der Waals surface area contributed by atoms with Crippen LogP contribution in [0.5, 0.6) is 0 Å². The monoisotopic (exact) mass is 208 g/mol. The fourth-order valence-electron chi connectivity index (χ4n) is 1.42. The van der Waals surface area contributed by atoms with Crippen LogP contribution < -0.4 is 10.6 Å². The van der Waals surface area contributed by atoms with Crippen LogP contribution in [-0.4, -0.2) is 30.6 Å². The van der Waals surface area contributed by atoms with E-state index in [2.05, 4.69) is 23.8 Å². The molecule has 1 atom stereocenters. The largest absolute Gasteiger partial charge is 0.362 e. The molecule has 15 heavy (non-hydrogen) atoms. The SMILES string of the molecule is CCc1ncc(C(C)CN)c(N(C)C)n1. The topological polar surface area (TPSA) is 55.0 Å². The van der Waals surface area contributed by atoms with Crippen LogP contribution in [0.2, 0.25) is 0 Å². The zero-order valence-electron chi connectivity index (χ0n) is 9.99. The van der Waals surface area contributed by atoms with Gasteiger partial charge in [-0.25, -0.2) is 9.97 Å². The van der Waals surface area contributed by atoms with Crippen LogP contribution in [0, 0.1) is 0 Å². The van der Waals surface area contributed by atoms with E-state index in [4.69, 9.17) is 5.73 Å². The smallest absolute Gasteiger partial charge is 0.135 e. The number of aryl methyl sites for hydroxylation is 1. The first kappa shape index (κ1) is 11.9. The molecule has 0 spiro atoms. The van der Waals surface area contributed by atoms with E-state index in [0.29, 0.717) is 12.5 Å². The van der Waals surface area contributed by atoms with Gasteiger partial charge in [0, 0.05) is 32.3 Å². The second kappa shape index (κ2) is 5.07. The van der Waals surface area contributed by atoms with Crippen molar-refractivity contribution < 1.29 is 0 Å². The molecule has 0 aliphatic heterocycles. The van der Waals surface area contributed by atoms with Gasteiger partial charge >= 0.3 is 0 Å². The van der Waals surface area contributed by atoms with Crippen molar-refractivity contribution in [3.05, 3.63) is 17.6 Å². The second-order valence-corrected chi connectivity index (χ2v) is 3.95. The maximum Gasteiger partial charge on any atom is 0.135 e. The van der Waals surface area contributed by atoms with Crippen molar-refractivity contribution >= 4 is 5.82 Å². The predicted octanol–water partition coefficient (Wildman–Crippen LogP) is 1.17. The minimum Gasteiger partial charge on any atom is -0.362 e. The van der Waals surface area contributed by atoms with Crippen molar-refractivity contribution in [3.8, 4) is 0 Å². The molecule has 0 aromatic carbocycles. The summed E-state index contributed by atoms with van der Waals surface area (Å²) in [7, 11) is 3.99. The minimum atomic E-state index is 0.299. The lowest BCUT2D eigenvalue weighted by Gasteiger charge is -2.19. The average Bonchev–Trinajstić information content (AvgIpc) is 2.27. The van der Waals surface area contributed by atoms with E-state index >= 15 is 0 Å². The molecule has 0 bridgehead atoms. The number of hydrogen-bond donors (Lipinski definition) is 1. The van der Waals surface area contributed by atoms with Gasteiger partial charge in [0.1, 0.15) is 11.6 Å². The van der Waals surface area contributed by atoms with Crippen molar-refractivity contribution in [1.82, 2.24) is 9.97 Å². The fourth-order valence-corrected chi connectivity index (χ4v) is 1.42. The Bertz CT molecular complexity index is 322. The Hall–Kier alpha value is -1.16. The summed E-state index contributed by atoms with van der Waals surface area (Å²) in [6, 6.07) is 0. The Morgan fingerprint density at radius 2 is 2.13 bits per heavy atom. The van der Waals surface area contributed by atoms with Crippen molar-refractivity contribution in [1.29, 1.82) is 0 Å². The normalized spacial score (nSPS) is 12.6. The molecular formula is C11H20N4. The summed E-state index contributed by atoms with van der Waals surface area (Å²) >= 11 is 0. The molecule has 0 aliphatic rings. The van der Waals surface area contributed by atoms with E-state index in [-0.39, 0.29) is 0 Å². The third-order valence-corrected chi connectivity index (χ3v) is 2.47. The Kier molecular flexibility index (Phi) is 4.03. The summed E-state index contributed by atoms with van der Waals surface area (Å²) in [5.74, 6) is 2.17. The summed E-state index contributed by atoms with van der Waals surface area (Å²) in [5, 5.41) is 0. The molecule has 1 rings (SSSR count). The van der Waals surface area contributed by atoms with Crippen molar-refractivity contribution in [2.75, 3.05) is 25.5 Å². The first-order chi connectivity index (χ1) is 7.10. The van der Waals surface area contributed by atoms with E-state index < -0.39 is 0 Å². The Labute approximate surface area is 91.5 Å². The molecule has 0 saturated carbocycles. The zero-order valence-corrected chi connectivity index (χ0v) is 9.99. The quantitative estimate of drug-likeness (QED) is 0.807. The average molecular weight is 208 g/mol. The van der Waals surface area contributed by atoms with E-state index in [1.807, 2.05) is 25.2 Å². The number of nitrogens with zero attached hydrogens (tertiary/aromatic N) is 3. The van der Waals surface area contributed by atoms with Gasteiger partial charge in [-0.05, 0) is 12.5 Å². The molecule has 2 N–H and O–H groups in total. The van der Waals surface area contributed by atoms with Crippen LogP contribution in [0.1, 0.15) is 31.2 Å². The van der Waals surface area contributed by atoms with Crippen LogP contribution in [0.15, 0.2) is 6.20 Å². The molecule has 0 saturated heterocycles. The molecule has 4 nitrogen and oxygen atoms in total. The maximum atomic E-state index is 5.67. The van der Waals surface area contributed by atoms with Crippen molar-refractivity contribution in [2.24, 2.45) is 5.73 Å². The Balaban J connectivity index is 3.15. The number of rotatable bonds is 4. The lowest BCUT2D eigenvalue weighted by Crippen LogP contribution is -2.19. The summed E-state index contributed by atoms with van der Waals surface area (Å²) in [6.45, 7) is 4.77. The molecule has 1 unspecified atom stereocenters. The fraction of sp³-hybridized carbons (Fsp3) is 0.636. The number of nitrogens with two attached hydrogens (primary N) is 1. The van der Waals surface area contributed by atoms with Crippen molar-refractivity contribution in [3.63, 3.8) is 0 Å². The summed E-state index contributed by atoms with van der Waals surface area (Å²) < 4.78 is 0. The third-order valence-electron chi connectivity index (χ3n) is 2.47. The molecular weight excluding hydrogens is 188 g/mol. The first-order valence-electron chi connectivity index (χ1n) is 5.33. The van der Waals surface area contributed by atoms with Gasteiger partial charge in [0.05, 0.1) is 0 Å². The van der Waals surface area contributed by atoms with E-state index in [1.165, 1.54) is 0 Å². The van der Waals surface area contributed by atoms with Gasteiger partial charge in [-0.15, -0.1) is 0 Å². The number of hydrogen-bond acceptors (Lipinski definition) is 4. The van der Waals surface area contributed by atoms with Crippen LogP contribution in [0.25, 0.3) is 0 Å². The van der Waals surface area contributed by atoms with Gasteiger partial charge in [0.2, 0.25) is 0 Å². The highest BCUT2D eigenvalue weighted by Gasteiger charge is 2.13. The zero-order chi connectivity index (χ0) is 11.4. The van der Waals surface area contributed by atoms with Gasteiger partial charge in [0.25, 0.3) is 0 Å². The molecule has 1 heterocycles. The van der Waals surface area contributed by atoms with Crippen LogP contribution in [-0.2, 0) is 6.42 Å². The van der Waals surface area contributed by atoms with Crippen molar-refractivity contribution in [2.45, 2.75) is 26.2 Å². The summed E-state index contributed by atoms with van der Waals surface area (Å²) in [6.07, 6.45) is 2.76. The summed E-state index contributed by atoms with van der Waals surface area (Å²) in [5.41, 5.74) is 6.79. The minimum absolute atomic E-state index is 0.299. The predicted molar refractivity (Wildman–Crippen MR) is 63.2 cm³/mol. The molecule has 0 aliphatic carbocycles. The molecule has 84 valence electrons. The molecule has 0 fully saturated rings. The summed E-state index contributed by atoms with van der Waals surface area (Å²) in [4.78, 5) is 10.9. The first-order valence-corrected chi connectivity index (χ1v) is 5.33. The van der Waals surface area contributed by atoms with E-state index in [0.717, 1.165) is 23.6 Å². The lowest BCUT2D eigenvalue weighted by atomic mass is 10.0. The number of anilines is 1. The molecule has 1 aromatic rings. The van der Waals surface area contributed by atoms with E-state index in [1.54, 1.807) is 0 Å². The Morgan fingerprint density at radius 3 is 2.60 bits per heavy atom. The Morgan fingerprint density at radius 1 is 1.47 bits per heavy atom. The highest BCUT2D eigenvalue weighted by atomic mass is 15.2. The standard InChI is InChI=1S/C11H20N4/c1-5-10-13-7-9(8(2)6-12)11(14-10)15(3)4/h7-8H,5-6,12H2,1-4H3.